The minimum absolute atomic E-state index is 0.153. The Balaban J connectivity index is 2.29. The van der Waals surface area contributed by atoms with E-state index in [1.165, 1.54) is 21.3 Å². The molecule has 138 valence electrons. The number of benzene rings is 2. The summed E-state index contributed by atoms with van der Waals surface area (Å²) >= 11 is 12.2. The highest BCUT2D eigenvalue weighted by Crippen LogP contribution is 2.36. The quantitative estimate of drug-likeness (QED) is 0.572. The Labute approximate surface area is 161 Å². The zero-order valence-corrected chi connectivity index (χ0v) is 16.0. The lowest BCUT2D eigenvalue weighted by molar-refractivity contribution is -0.114. The molecule has 0 unspecified atom stereocenters. The summed E-state index contributed by atoms with van der Waals surface area (Å²) in [4.78, 5) is 16.9. The number of carbonyl (C=O) groups is 1. The lowest BCUT2D eigenvalue weighted by atomic mass is 10.0. The van der Waals surface area contributed by atoms with Crippen LogP contribution >= 0.6 is 23.2 Å². The zero-order valence-electron chi connectivity index (χ0n) is 14.5. The van der Waals surface area contributed by atoms with E-state index in [1.54, 1.807) is 24.3 Å². The van der Waals surface area contributed by atoms with Crippen LogP contribution in [0.5, 0.6) is 11.5 Å². The van der Waals surface area contributed by atoms with E-state index in [4.69, 9.17) is 37.5 Å². The molecule has 1 amide bonds. The zero-order chi connectivity index (χ0) is 19.1. The molecule has 0 spiro atoms. The second-order valence-electron chi connectivity index (χ2n) is 5.07. The third-order valence-electron chi connectivity index (χ3n) is 3.47. The SMILES string of the molecule is CNC(=O)C(=NOC)c1ccccc1COc1cc(Cl)c(OC)c(Cl)c1. The van der Waals surface area contributed by atoms with E-state index >= 15 is 0 Å². The summed E-state index contributed by atoms with van der Waals surface area (Å²) in [5.41, 5.74) is 1.49. The molecular formula is C18H18Cl2N2O4. The molecule has 2 rings (SSSR count). The average Bonchev–Trinajstić information content (AvgIpc) is 2.64. The minimum Gasteiger partial charge on any atom is -0.494 e. The van der Waals surface area contributed by atoms with Crippen LogP contribution in [0.4, 0.5) is 0 Å². The van der Waals surface area contributed by atoms with Crippen molar-refractivity contribution < 1.29 is 19.1 Å². The minimum atomic E-state index is -0.366. The number of hydrogen-bond acceptors (Lipinski definition) is 5. The molecule has 0 aliphatic rings. The van der Waals surface area contributed by atoms with Crippen LogP contribution in [0.15, 0.2) is 41.6 Å². The number of methoxy groups -OCH3 is 1. The molecule has 0 bridgehead atoms. The highest BCUT2D eigenvalue weighted by molar-refractivity contribution is 6.45. The van der Waals surface area contributed by atoms with Crippen molar-refractivity contribution in [1.82, 2.24) is 5.32 Å². The van der Waals surface area contributed by atoms with Gasteiger partial charge in [-0.05, 0) is 5.56 Å². The van der Waals surface area contributed by atoms with Crippen molar-refractivity contribution in [2.75, 3.05) is 21.3 Å². The molecule has 0 heterocycles. The third kappa shape index (κ3) is 4.59. The van der Waals surface area contributed by atoms with Crippen molar-refractivity contribution in [2.24, 2.45) is 5.16 Å². The maximum Gasteiger partial charge on any atom is 0.273 e. The van der Waals surface area contributed by atoms with E-state index in [-0.39, 0.29) is 18.2 Å². The van der Waals surface area contributed by atoms with Crippen molar-refractivity contribution in [3.8, 4) is 11.5 Å². The molecule has 8 heteroatoms. The highest BCUT2D eigenvalue weighted by atomic mass is 35.5. The van der Waals surface area contributed by atoms with Crippen molar-refractivity contribution in [3.63, 3.8) is 0 Å². The van der Waals surface area contributed by atoms with Crippen LogP contribution in [0.25, 0.3) is 0 Å². The molecule has 0 radical (unpaired) electrons. The number of ether oxygens (including phenoxy) is 2. The molecule has 0 saturated carbocycles. The van der Waals surface area contributed by atoms with Crippen molar-refractivity contribution in [2.45, 2.75) is 6.61 Å². The summed E-state index contributed by atoms with van der Waals surface area (Å²) in [5.74, 6) is 0.492. The molecule has 2 aromatic rings. The first kappa shape index (κ1) is 19.9. The summed E-state index contributed by atoms with van der Waals surface area (Å²) in [5, 5.41) is 7.05. The monoisotopic (exact) mass is 396 g/mol. The molecular weight excluding hydrogens is 379 g/mol. The number of nitrogens with zero attached hydrogens (tertiary/aromatic N) is 1. The summed E-state index contributed by atoms with van der Waals surface area (Å²) in [6.45, 7) is 0.175. The molecule has 1 N–H and O–H groups in total. The average molecular weight is 397 g/mol. The Morgan fingerprint density at radius 1 is 1.15 bits per heavy atom. The highest BCUT2D eigenvalue weighted by Gasteiger charge is 2.18. The van der Waals surface area contributed by atoms with E-state index < -0.39 is 0 Å². The Bertz CT molecular complexity index is 802. The maximum absolute atomic E-state index is 12.1. The summed E-state index contributed by atoms with van der Waals surface area (Å²) in [6.07, 6.45) is 0. The number of amides is 1. The molecule has 0 fully saturated rings. The molecule has 0 saturated heterocycles. The Hall–Kier alpha value is -2.44. The summed E-state index contributed by atoms with van der Waals surface area (Å²) in [6, 6.07) is 10.4. The fraction of sp³-hybridized carbons (Fsp3) is 0.222. The van der Waals surface area contributed by atoms with Gasteiger partial charge in [-0.1, -0.05) is 52.6 Å². The van der Waals surface area contributed by atoms with Gasteiger partial charge in [0.1, 0.15) is 19.5 Å². The van der Waals surface area contributed by atoms with Crippen LogP contribution in [0.3, 0.4) is 0 Å². The molecule has 0 aromatic heterocycles. The second kappa shape index (κ2) is 9.31. The Kier molecular flexibility index (Phi) is 7.12. The maximum atomic E-state index is 12.1. The molecule has 0 aliphatic carbocycles. The van der Waals surface area contributed by atoms with Gasteiger partial charge in [-0.3, -0.25) is 4.79 Å². The summed E-state index contributed by atoms with van der Waals surface area (Å²) in [7, 11) is 4.39. The van der Waals surface area contributed by atoms with Gasteiger partial charge >= 0.3 is 0 Å². The van der Waals surface area contributed by atoms with Gasteiger partial charge in [-0.2, -0.15) is 0 Å². The van der Waals surface area contributed by atoms with Crippen LogP contribution in [0.2, 0.25) is 10.0 Å². The molecule has 6 nitrogen and oxygen atoms in total. The number of rotatable bonds is 7. The van der Waals surface area contributed by atoms with E-state index in [2.05, 4.69) is 10.5 Å². The fourth-order valence-electron chi connectivity index (χ4n) is 2.28. The Morgan fingerprint density at radius 3 is 2.38 bits per heavy atom. The van der Waals surface area contributed by atoms with E-state index in [9.17, 15) is 4.79 Å². The van der Waals surface area contributed by atoms with Crippen LogP contribution in [-0.4, -0.2) is 32.9 Å². The van der Waals surface area contributed by atoms with Crippen molar-refractivity contribution in [1.29, 1.82) is 0 Å². The summed E-state index contributed by atoms with van der Waals surface area (Å²) < 4.78 is 10.9. The van der Waals surface area contributed by atoms with Crippen molar-refractivity contribution >= 4 is 34.8 Å². The molecule has 0 aliphatic heterocycles. The topological polar surface area (TPSA) is 69.2 Å². The predicted molar refractivity (Wildman–Crippen MR) is 101 cm³/mol. The lowest BCUT2D eigenvalue weighted by Crippen LogP contribution is -2.29. The standard InChI is InChI=1S/C18H18Cl2N2O4/c1-21-18(23)16(22-25-3)13-7-5-4-6-11(13)10-26-12-8-14(19)17(24-2)15(20)9-12/h4-9H,10H2,1-3H3,(H,21,23). The lowest BCUT2D eigenvalue weighted by Gasteiger charge is -2.13. The third-order valence-corrected chi connectivity index (χ3v) is 4.03. The normalized spacial score (nSPS) is 11.0. The first-order valence-corrected chi connectivity index (χ1v) is 8.34. The smallest absolute Gasteiger partial charge is 0.273 e. The van der Waals surface area contributed by atoms with Gasteiger partial charge in [-0.15, -0.1) is 0 Å². The van der Waals surface area contributed by atoms with Gasteiger partial charge < -0.3 is 19.6 Å². The van der Waals surface area contributed by atoms with Crippen LogP contribution < -0.4 is 14.8 Å². The first-order chi connectivity index (χ1) is 12.5. The number of carbonyl (C=O) groups excluding carboxylic acids is 1. The molecule has 0 atom stereocenters. The number of hydrogen-bond donors (Lipinski definition) is 1. The Morgan fingerprint density at radius 2 is 1.81 bits per heavy atom. The predicted octanol–water partition coefficient (Wildman–Crippen LogP) is 3.68. The fourth-order valence-corrected chi connectivity index (χ4v) is 2.90. The van der Waals surface area contributed by atoms with Gasteiger partial charge in [0.25, 0.3) is 5.91 Å². The van der Waals surface area contributed by atoms with Gasteiger partial charge in [0.2, 0.25) is 0 Å². The van der Waals surface area contributed by atoms with Crippen LogP contribution in [-0.2, 0) is 16.2 Å². The second-order valence-corrected chi connectivity index (χ2v) is 5.88. The first-order valence-electron chi connectivity index (χ1n) is 7.59. The van der Waals surface area contributed by atoms with E-state index in [0.29, 0.717) is 27.1 Å². The molecule has 2 aromatic carbocycles. The van der Waals surface area contributed by atoms with Gasteiger partial charge in [0, 0.05) is 24.7 Å². The van der Waals surface area contributed by atoms with Gasteiger partial charge in [-0.25, -0.2) is 0 Å². The van der Waals surface area contributed by atoms with Crippen LogP contribution in [0, 0.1) is 0 Å². The van der Waals surface area contributed by atoms with Gasteiger partial charge in [0.15, 0.2) is 11.5 Å². The van der Waals surface area contributed by atoms with Gasteiger partial charge in [0.05, 0.1) is 17.2 Å². The number of oxime groups is 1. The van der Waals surface area contributed by atoms with E-state index in [0.717, 1.165) is 5.56 Å². The number of halogens is 2. The van der Waals surface area contributed by atoms with Crippen LogP contribution in [0.1, 0.15) is 11.1 Å². The molecule has 26 heavy (non-hydrogen) atoms. The largest absolute Gasteiger partial charge is 0.494 e. The number of likely N-dealkylation sites (N-methyl/N-ethyl adjacent to an activating group) is 1. The number of nitrogens with one attached hydrogen (secondary N) is 1. The van der Waals surface area contributed by atoms with Crippen molar-refractivity contribution in [3.05, 3.63) is 57.6 Å². The van der Waals surface area contributed by atoms with E-state index in [1.807, 2.05) is 12.1 Å².